The third-order valence-electron chi connectivity index (χ3n) is 3.93. The van der Waals surface area contributed by atoms with E-state index in [0.29, 0.717) is 34.6 Å². The fourth-order valence-electron chi connectivity index (χ4n) is 2.49. The molecule has 1 aliphatic carbocycles. The second-order valence-corrected chi connectivity index (χ2v) is 5.70. The van der Waals surface area contributed by atoms with Crippen LogP contribution in [0.15, 0.2) is 23.0 Å². The number of fused-ring (bicyclic) bond motifs is 1. The number of hydrogen-bond donors (Lipinski definition) is 3. The van der Waals surface area contributed by atoms with Gasteiger partial charge in [0.1, 0.15) is 11.4 Å². The largest absolute Gasteiger partial charge is 0.480 e. The molecule has 2 aromatic rings. The molecule has 21 heavy (non-hydrogen) atoms. The van der Waals surface area contributed by atoms with Gasteiger partial charge in [0.05, 0.1) is 17.4 Å². The van der Waals surface area contributed by atoms with Crippen LogP contribution in [-0.4, -0.2) is 26.6 Å². The predicted molar refractivity (Wildman–Crippen MR) is 78.4 cm³/mol. The van der Waals surface area contributed by atoms with Crippen molar-refractivity contribution in [3.8, 4) is 0 Å². The lowest BCUT2D eigenvalue weighted by Gasteiger charge is -2.38. The zero-order valence-corrected chi connectivity index (χ0v) is 11.9. The molecular weight excluding hydrogens is 294 g/mol. The van der Waals surface area contributed by atoms with Crippen molar-refractivity contribution in [1.82, 2.24) is 15.3 Å². The third-order valence-corrected chi connectivity index (χ3v) is 4.16. The summed E-state index contributed by atoms with van der Waals surface area (Å²) in [4.78, 5) is 30.3. The summed E-state index contributed by atoms with van der Waals surface area (Å²) in [7, 11) is 0. The van der Waals surface area contributed by atoms with Gasteiger partial charge >= 0.3 is 5.97 Å². The van der Waals surface area contributed by atoms with E-state index in [2.05, 4.69) is 15.3 Å². The molecule has 1 fully saturated rings. The Bertz CT molecular complexity index is 768. The molecule has 0 atom stereocenters. The summed E-state index contributed by atoms with van der Waals surface area (Å²) >= 11 is 5.85. The normalized spacial score (nSPS) is 16.6. The van der Waals surface area contributed by atoms with Crippen molar-refractivity contribution in [2.45, 2.75) is 31.3 Å². The van der Waals surface area contributed by atoms with Crippen LogP contribution in [0.25, 0.3) is 10.9 Å². The standard InChI is InChI=1S/C14H14ClN3O3/c15-8-2-3-10-9(6-8)12(19)18-11(17-10)7-16-14(13(20)21)4-1-5-14/h2-3,6,16H,1,4-5,7H2,(H,20,21)(H,17,18,19). The number of H-pyrrole nitrogens is 1. The van der Waals surface area contributed by atoms with Gasteiger partial charge in [-0.25, -0.2) is 4.98 Å². The summed E-state index contributed by atoms with van der Waals surface area (Å²) < 4.78 is 0. The molecule has 3 N–H and O–H groups in total. The van der Waals surface area contributed by atoms with Gasteiger partial charge in [0, 0.05) is 5.02 Å². The minimum absolute atomic E-state index is 0.208. The van der Waals surface area contributed by atoms with Gasteiger partial charge in [0.2, 0.25) is 0 Å². The van der Waals surface area contributed by atoms with Gasteiger partial charge in [0.25, 0.3) is 5.56 Å². The Balaban J connectivity index is 1.87. The van der Waals surface area contributed by atoms with Crippen molar-refractivity contribution in [3.63, 3.8) is 0 Å². The summed E-state index contributed by atoms with van der Waals surface area (Å²) in [5.41, 5.74) is -0.622. The first-order valence-electron chi connectivity index (χ1n) is 6.67. The van der Waals surface area contributed by atoms with E-state index in [0.717, 1.165) is 6.42 Å². The number of aromatic nitrogens is 2. The molecule has 0 spiro atoms. The molecule has 1 saturated carbocycles. The Morgan fingerprint density at radius 1 is 1.48 bits per heavy atom. The summed E-state index contributed by atoms with van der Waals surface area (Å²) in [5, 5.41) is 13.1. The molecule has 6 nitrogen and oxygen atoms in total. The van der Waals surface area contributed by atoms with E-state index in [1.54, 1.807) is 18.2 Å². The fraction of sp³-hybridized carbons (Fsp3) is 0.357. The maximum atomic E-state index is 12.0. The first kappa shape index (κ1) is 14.0. The molecular formula is C14H14ClN3O3. The van der Waals surface area contributed by atoms with Crippen LogP contribution in [0.4, 0.5) is 0 Å². The molecule has 0 saturated heterocycles. The Kier molecular flexibility index (Phi) is 3.43. The van der Waals surface area contributed by atoms with Crippen molar-refractivity contribution in [2.24, 2.45) is 0 Å². The van der Waals surface area contributed by atoms with Crippen LogP contribution in [0.2, 0.25) is 5.02 Å². The van der Waals surface area contributed by atoms with Crippen molar-refractivity contribution in [1.29, 1.82) is 0 Å². The smallest absolute Gasteiger partial charge is 0.323 e. The van der Waals surface area contributed by atoms with E-state index >= 15 is 0 Å². The van der Waals surface area contributed by atoms with Gasteiger partial charge in [-0.15, -0.1) is 0 Å². The average Bonchev–Trinajstić information content (AvgIpc) is 2.38. The Hall–Kier alpha value is -1.92. The van der Waals surface area contributed by atoms with Gasteiger partial charge in [-0.2, -0.15) is 0 Å². The summed E-state index contributed by atoms with van der Waals surface area (Å²) in [6.07, 6.45) is 2.07. The molecule has 0 bridgehead atoms. The number of carboxylic acids is 1. The van der Waals surface area contributed by atoms with Gasteiger partial charge in [-0.05, 0) is 37.5 Å². The molecule has 7 heteroatoms. The molecule has 0 aliphatic heterocycles. The lowest BCUT2D eigenvalue weighted by atomic mass is 9.77. The number of nitrogens with one attached hydrogen (secondary N) is 2. The highest BCUT2D eigenvalue weighted by molar-refractivity contribution is 6.31. The van der Waals surface area contributed by atoms with Crippen LogP contribution in [0.5, 0.6) is 0 Å². The van der Waals surface area contributed by atoms with Crippen LogP contribution >= 0.6 is 11.6 Å². The second kappa shape index (κ2) is 5.13. The van der Waals surface area contributed by atoms with E-state index in [1.165, 1.54) is 0 Å². The predicted octanol–water partition coefficient (Wildman–Crippen LogP) is 1.67. The summed E-state index contributed by atoms with van der Waals surface area (Å²) in [5.74, 6) is -0.439. The van der Waals surface area contributed by atoms with E-state index in [1.807, 2.05) is 0 Å². The monoisotopic (exact) mass is 307 g/mol. The molecule has 110 valence electrons. The number of halogens is 1. The minimum Gasteiger partial charge on any atom is -0.480 e. The molecule has 1 heterocycles. The average molecular weight is 308 g/mol. The van der Waals surface area contributed by atoms with Gasteiger partial charge in [-0.1, -0.05) is 11.6 Å². The Labute approximate surface area is 125 Å². The van der Waals surface area contributed by atoms with Crippen molar-refractivity contribution in [2.75, 3.05) is 0 Å². The lowest BCUT2D eigenvalue weighted by molar-refractivity contribution is -0.148. The number of benzene rings is 1. The van der Waals surface area contributed by atoms with Crippen LogP contribution < -0.4 is 10.9 Å². The summed E-state index contributed by atoms with van der Waals surface area (Å²) in [6.45, 7) is 0.208. The van der Waals surface area contributed by atoms with Crippen LogP contribution in [0, 0.1) is 0 Å². The minimum atomic E-state index is -0.881. The molecule has 1 aliphatic rings. The maximum Gasteiger partial charge on any atom is 0.323 e. The Morgan fingerprint density at radius 3 is 2.86 bits per heavy atom. The quantitative estimate of drug-likeness (QED) is 0.798. The second-order valence-electron chi connectivity index (χ2n) is 5.27. The number of rotatable bonds is 4. The number of carbonyl (C=O) groups is 1. The van der Waals surface area contributed by atoms with Gasteiger partial charge in [0.15, 0.2) is 0 Å². The van der Waals surface area contributed by atoms with Gasteiger partial charge in [-0.3, -0.25) is 14.9 Å². The SMILES string of the molecule is O=C(O)C1(NCc2nc3ccc(Cl)cc3c(=O)[nH]2)CCC1. The van der Waals surface area contributed by atoms with E-state index in [4.69, 9.17) is 11.6 Å². The van der Waals surface area contributed by atoms with E-state index in [9.17, 15) is 14.7 Å². The topological polar surface area (TPSA) is 95.1 Å². The Morgan fingerprint density at radius 2 is 2.24 bits per heavy atom. The van der Waals surface area contributed by atoms with E-state index < -0.39 is 11.5 Å². The van der Waals surface area contributed by atoms with Crippen LogP contribution in [-0.2, 0) is 11.3 Å². The first-order valence-corrected chi connectivity index (χ1v) is 7.05. The first-order chi connectivity index (χ1) is 10.00. The highest BCUT2D eigenvalue weighted by Gasteiger charge is 2.43. The lowest BCUT2D eigenvalue weighted by Crippen LogP contribution is -2.56. The van der Waals surface area contributed by atoms with Crippen molar-refractivity contribution in [3.05, 3.63) is 39.4 Å². The molecule has 0 amide bonds. The van der Waals surface area contributed by atoms with Gasteiger partial charge < -0.3 is 10.1 Å². The number of aliphatic carboxylic acids is 1. The highest BCUT2D eigenvalue weighted by atomic mass is 35.5. The van der Waals surface area contributed by atoms with Crippen molar-refractivity contribution < 1.29 is 9.90 Å². The third kappa shape index (κ3) is 2.52. The number of nitrogens with zero attached hydrogens (tertiary/aromatic N) is 1. The molecule has 0 unspecified atom stereocenters. The zero-order valence-electron chi connectivity index (χ0n) is 11.1. The number of carboxylic acid groups (broad SMARTS) is 1. The highest BCUT2D eigenvalue weighted by Crippen LogP contribution is 2.32. The summed E-state index contributed by atoms with van der Waals surface area (Å²) in [6, 6.07) is 4.90. The maximum absolute atomic E-state index is 12.0. The number of hydrogen-bond acceptors (Lipinski definition) is 4. The fourth-order valence-corrected chi connectivity index (χ4v) is 2.66. The van der Waals surface area contributed by atoms with Crippen LogP contribution in [0.1, 0.15) is 25.1 Å². The molecule has 1 aromatic carbocycles. The van der Waals surface area contributed by atoms with Crippen LogP contribution in [0.3, 0.4) is 0 Å². The molecule has 0 radical (unpaired) electrons. The molecule has 3 rings (SSSR count). The zero-order chi connectivity index (χ0) is 15.0. The number of aromatic amines is 1. The van der Waals surface area contributed by atoms with Crippen molar-refractivity contribution >= 4 is 28.5 Å². The molecule has 1 aromatic heterocycles. The van der Waals surface area contributed by atoms with E-state index in [-0.39, 0.29) is 12.1 Å².